The maximum atomic E-state index is 11.1. The molecule has 0 aromatic carbocycles. The second kappa shape index (κ2) is 6.34. The molecule has 1 N–H and O–H groups in total. The van der Waals surface area contributed by atoms with Crippen LogP contribution in [0.15, 0.2) is 0 Å². The number of aryl methyl sites for hydroxylation is 2. The van der Waals surface area contributed by atoms with Gasteiger partial charge in [-0.3, -0.25) is 10.1 Å². The molecule has 0 atom stereocenters. The van der Waals surface area contributed by atoms with E-state index >= 15 is 0 Å². The minimum Gasteiger partial charge on any atom is -0.363 e. The van der Waals surface area contributed by atoms with Crippen LogP contribution in [0.1, 0.15) is 19.0 Å². The van der Waals surface area contributed by atoms with E-state index in [0.717, 1.165) is 13.0 Å². The first-order chi connectivity index (χ1) is 8.47. The van der Waals surface area contributed by atoms with Gasteiger partial charge in [0.15, 0.2) is 0 Å². The Kier molecular flexibility index (Phi) is 5.08. The van der Waals surface area contributed by atoms with E-state index in [1.807, 2.05) is 25.9 Å². The number of rotatable bonds is 7. The largest absolute Gasteiger partial charge is 0.363 e. The Hall–Kier alpha value is -1.63. The minimum absolute atomic E-state index is 0.109. The van der Waals surface area contributed by atoms with Gasteiger partial charge in [0.05, 0.1) is 4.92 Å². The van der Waals surface area contributed by atoms with Crippen LogP contribution in [-0.4, -0.2) is 46.8 Å². The van der Waals surface area contributed by atoms with Crippen molar-refractivity contribution in [1.29, 1.82) is 0 Å². The zero-order chi connectivity index (χ0) is 13.7. The molecule has 102 valence electrons. The highest BCUT2D eigenvalue weighted by Gasteiger charge is 2.25. The normalized spacial score (nSPS) is 10.9. The van der Waals surface area contributed by atoms with Crippen molar-refractivity contribution in [2.24, 2.45) is 7.05 Å². The molecule has 0 radical (unpaired) electrons. The van der Waals surface area contributed by atoms with Crippen molar-refractivity contribution in [2.45, 2.75) is 19.8 Å². The molecule has 18 heavy (non-hydrogen) atoms. The number of anilines is 1. The number of hydrogen-bond donors (Lipinski definition) is 1. The van der Waals surface area contributed by atoms with Crippen LogP contribution in [0.25, 0.3) is 0 Å². The van der Waals surface area contributed by atoms with E-state index in [1.165, 1.54) is 0 Å². The third-order valence-electron chi connectivity index (χ3n) is 2.61. The Labute approximate surface area is 107 Å². The smallest absolute Gasteiger partial charge is 0.333 e. The van der Waals surface area contributed by atoms with Crippen molar-refractivity contribution in [3.05, 3.63) is 15.8 Å². The fourth-order valence-corrected chi connectivity index (χ4v) is 1.76. The molecule has 1 rings (SSSR count). The summed E-state index contributed by atoms with van der Waals surface area (Å²) in [6.07, 6.45) is 1.47. The Morgan fingerprint density at radius 2 is 2.17 bits per heavy atom. The molecule has 0 saturated carbocycles. The predicted octanol–water partition coefficient (Wildman–Crippen LogP) is 1.25. The van der Waals surface area contributed by atoms with Crippen LogP contribution in [0.4, 0.5) is 11.5 Å². The summed E-state index contributed by atoms with van der Waals surface area (Å²) < 4.78 is 1.55. The SMILES string of the molecule is CCCc1nn(C)c(NCCN(C)C)c1[N+](=O)[O-]. The number of hydrogen-bond acceptors (Lipinski definition) is 5. The van der Waals surface area contributed by atoms with E-state index in [2.05, 4.69) is 10.4 Å². The zero-order valence-electron chi connectivity index (χ0n) is 11.4. The van der Waals surface area contributed by atoms with Gasteiger partial charge < -0.3 is 10.2 Å². The van der Waals surface area contributed by atoms with Gasteiger partial charge in [-0.15, -0.1) is 0 Å². The lowest BCUT2D eigenvalue weighted by atomic mass is 10.2. The van der Waals surface area contributed by atoms with Crippen LogP contribution in [-0.2, 0) is 13.5 Å². The first-order valence-electron chi connectivity index (χ1n) is 6.06. The van der Waals surface area contributed by atoms with Gasteiger partial charge in [0.2, 0.25) is 5.82 Å². The van der Waals surface area contributed by atoms with Crippen LogP contribution < -0.4 is 5.32 Å². The molecule has 0 aliphatic carbocycles. The van der Waals surface area contributed by atoms with Gasteiger partial charge in [0, 0.05) is 20.1 Å². The van der Waals surface area contributed by atoms with Crippen LogP contribution in [0.2, 0.25) is 0 Å². The van der Waals surface area contributed by atoms with E-state index in [-0.39, 0.29) is 10.6 Å². The molecule has 1 aromatic heterocycles. The molecule has 0 amide bonds. The van der Waals surface area contributed by atoms with E-state index in [9.17, 15) is 10.1 Å². The average molecular weight is 255 g/mol. The minimum atomic E-state index is -0.351. The highest BCUT2D eigenvalue weighted by atomic mass is 16.6. The fraction of sp³-hybridized carbons (Fsp3) is 0.727. The molecule has 0 unspecified atom stereocenters. The molecule has 0 aliphatic heterocycles. The maximum Gasteiger partial charge on any atom is 0.333 e. The van der Waals surface area contributed by atoms with Gasteiger partial charge in [-0.25, -0.2) is 4.68 Å². The summed E-state index contributed by atoms with van der Waals surface area (Å²) in [5.74, 6) is 0.491. The lowest BCUT2D eigenvalue weighted by molar-refractivity contribution is -0.384. The molecule has 0 bridgehead atoms. The first-order valence-corrected chi connectivity index (χ1v) is 6.06. The van der Waals surface area contributed by atoms with E-state index in [1.54, 1.807) is 11.7 Å². The van der Waals surface area contributed by atoms with Gasteiger partial charge in [0.25, 0.3) is 0 Å². The third kappa shape index (κ3) is 3.43. The molecule has 1 aromatic rings. The highest BCUT2D eigenvalue weighted by molar-refractivity contribution is 5.59. The van der Waals surface area contributed by atoms with Gasteiger partial charge in [-0.1, -0.05) is 13.3 Å². The van der Waals surface area contributed by atoms with E-state index < -0.39 is 0 Å². The second-order valence-corrected chi connectivity index (χ2v) is 4.50. The maximum absolute atomic E-state index is 11.1. The van der Waals surface area contributed by atoms with Crippen LogP contribution in [0, 0.1) is 10.1 Å². The zero-order valence-corrected chi connectivity index (χ0v) is 11.4. The Morgan fingerprint density at radius 1 is 1.50 bits per heavy atom. The predicted molar refractivity (Wildman–Crippen MR) is 70.9 cm³/mol. The van der Waals surface area contributed by atoms with Gasteiger partial charge in [-0.05, 0) is 20.5 Å². The van der Waals surface area contributed by atoms with E-state index in [4.69, 9.17) is 0 Å². The Bertz CT molecular complexity index is 414. The van der Waals surface area contributed by atoms with Gasteiger partial charge in [0.1, 0.15) is 5.69 Å². The average Bonchev–Trinajstić information content (AvgIpc) is 2.55. The number of nitro groups is 1. The molecule has 0 aliphatic rings. The quantitative estimate of drug-likeness (QED) is 0.586. The molecule has 0 saturated heterocycles. The second-order valence-electron chi connectivity index (χ2n) is 4.50. The van der Waals surface area contributed by atoms with Crippen molar-refractivity contribution in [3.63, 3.8) is 0 Å². The molecular weight excluding hydrogens is 234 g/mol. The van der Waals surface area contributed by atoms with Gasteiger partial charge >= 0.3 is 5.69 Å². The summed E-state index contributed by atoms with van der Waals surface area (Å²) in [6, 6.07) is 0. The summed E-state index contributed by atoms with van der Waals surface area (Å²) >= 11 is 0. The summed E-state index contributed by atoms with van der Waals surface area (Å²) in [5.41, 5.74) is 0.662. The number of nitrogens with one attached hydrogen (secondary N) is 1. The number of nitrogens with zero attached hydrogens (tertiary/aromatic N) is 4. The molecular formula is C11H21N5O2. The Balaban J connectivity index is 2.91. The lowest BCUT2D eigenvalue weighted by Crippen LogP contribution is -2.21. The van der Waals surface area contributed by atoms with E-state index in [0.29, 0.717) is 24.5 Å². The van der Waals surface area contributed by atoms with Crippen LogP contribution in [0.3, 0.4) is 0 Å². The number of aromatic nitrogens is 2. The summed E-state index contributed by atoms with van der Waals surface area (Å²) in [6.45, 7) is 3.45. The first kappa shape index (κ1) is 14.4. The Morgan fingerprint density at radius 3 is 2.67 bits per heavy atom. The molecule has 7 nitrogen and oxygen atoms in total. The van der Waals surface area contributed by atoms with Crippen molar-refractivity contribution >= 4 is 11.5 Å². The topological polar surface area (TPSA) is 76.2 Å². The molecule has 0 fully saturated rings. The highest BCUT2D eigenvalue weighted by Crippen LogP contribution is 2.28. The van der Waals surface area contributed by atoms with Crippen LogP contribution in [0.5, 0.6) is 0 Å². The van der Waals surface area contributed by atoms with Crippen molar-refractivity contribution in [1.82, 2.24) is 14.7 Å². The molecule has 0 spiro atoms. The van der Waals surface area contributed by atoms with Crippen molar-refractivity contribution in [3.8, 4) is 0 Å². The van der Waals surface area contributed by atoms with Gasteiger partial charge in [-0.2, -0.15) is 5.10 Å². The summed E-state index contributed by atoms with van der Waals surface area (Å²) in [5, 5.41) is 18.4. The number of likely N-dealkylation sites (N-methyl/N-ethyl adjacent to an activating group) is 1. The summed E-state index contributed by atoms with van der Waals surface area (Å²) in [7, 11) is 5.65. The fourth-order valence-electron chi connectivity index (χ4n) is 1.76. The third-order valence-corrected chi connectivity index (χ3v) is 2.61. The van der Waals surface area contributed by atoms with Crippen molar-refractivity contribution in [2.75, 3.05) is 32.5 Å². The molecule has 7 heteroatoms. The summed E-state index contributed by atoms with van der Waals surface area (Å²) in [4.78, 5) is 12.8. The standard InChI is InChI=1S/C11H21N5O2/c1-5-6-9-10(16(17)18)11(15(4)13-9)12-7-8-14(2)3/h12H,5-8H2,1-4H3. The molecule has 1 heterocycles. The monoisotopic (exact) mass is 255 g/mol. The lowest BCUT2D eigenvalue weighted by Gasteiger charge is -2.10. The van der Waals surface area contributed by atoms with Crippen LogP contribution >= 0.6 is 0 Å². The van der Waals surface area contributed by atoms with Crippen molar-refractivity contribution < 1.29 is 4.92 Å².